The number of carbonyl (C=O) groups is 1. The maximum Gasteiger partial charge on any atom is 0.224 e. The maximum absolute atomic E-state index is 12.0. The van der Waals surface area contributed by atoms with E-state index in [9.17, 15) is 4.79 Å². The predicted octanol–water partition coefficient (Wildman–Crippen LogP) is 2.35. The van der Waals surface area contributed by atoms with E-state index in [0.717, 1.165) is 16.8 Å². The van der Waals surface area contributed by atoms with E-state index in [2.05, 4.69) is 54.9 Å². The van der Waals surface area contributed by atoms with Crippen molar-refractivity contribution in [3.63, 3.8) is 0 Å². The number of aromatic nitrogens is 5. The van der Waals surface area contributed by atoms with E-state index in [1.165, 1.54) is 6.92 Å². The van der Waals surface area contributed by atoms with E-state index in [1.54, 1.807) is 6.20 Å². The fraction of sp³-hybridized carbons (Fsp3) is 0.375. The van der Waals surface area contributed by atoms with Gasteiger partial charge in [0.1, 0.15) is 5.82 Å². The zero-order valence-electron chi connectivity index (χ0n) is 19.6. The summed E-state index contributed by atoms with van der Waals surface area (Å²) in [6, 6.07) is 8.12. The normalized spacial score (nSPS) is 10.4. The average molecular weight is 447 g/mol. The minimum atomic E-state index is -0.0618. The van der Waals surface area contributed by atoms with Gasteiger partial charge in [0.15, 0.2) is 5.78 Å². The Morgan fingerprint density at radius 3 is 2.91 bits per heavy atom. The lowest BCUT2D eigenvalue weighted by Gasteiger charge is -2.19. The zero-order valence-corrected chi connectivity index (χ0v) is 19.6. The van der Waals surface area contributed by atoms with Crippen molar-refractivity contribution in [2.45, 2.75) is 33.4 Å². The maximum atomic E-state index is 12.0. The summed E-state index contributed by atoms with van der Waals surface area (Å²) in [5.41, 5.74) is 3.48. The fourth-order valence-corrected chi connectivity index (χ4v) is 3.26. The van der Waals surface area contributed by atoms with E-state index in [1.807, 2.05) is 48.9 Å². The first-order chi connectivity index (χ1) is 16.0. The molecule has 9 nitrogen and oxygen atoms in total. The highest BCUT2D eigenvalue weighted by atomic mass is 16.1. The van der Waals surface area contributed by atoms with Crippen LogP contribution in [0.25, 0.3) is 0 Å². The molecule has 0 unspecified atom stereocenters. The second kappa shape index (κ2) is 11.7. The van der Waals surface area contributed by atoms with Gasteiger partial charge in [0.2, 0.25) is 5.95 Å². The van der Waals surface area contributed by atoms with Gasteiger partial charge in [-0.2, -0.15) is 4.98 Å². The third-order valence-corrected chi connectivity index (χ3v) is 4.86. The summed E-state index contributed by atoms with van der Waals surface area (Å²) in [6.07, 6.45) is 4.15. The molecule has 0 aliphatic heterocycles. The minimum absolute atomic E-state index is 0.0618. The lowest BCUT2D eigenvalue weighted by atomic mass is 10.1. The van der Waals surface area contributed by atoms with Gasteiger partial charge in [0.05, 0.1) is 24.0 Å². The van der Waals surface area contributed by atoms with Crippen LogP contribution in [0, 0.1) is 11.8 Å². The van der Waals surface area contributed by atoms with Gasteiger partial charge in [-0.3, -0.25) is 4.79 Å². The second-order valence-electron chi connectivity index (χ2n) is 7.63. The third-order valence-electron chi connectivity index (χ3n) is 4.86. The molecule has 0 radical (unpaired) electrons. The molecule has 33 heavy (non-hydrogen) atoms. The molecule has 0 bridgehead atoms. The molecule has 3 rings (SSSR count). The molecule has 172 valence electrons. The molecular formula is C24H30N8O. The molecule has 2 aromatic heterocycles. The van der Waals surface area contributed by atoms with E-state index in [4.69, 9.17) is 0 Å². The summed E-state index contributed by atoms with van der Waals surface area (Å²) >= 11 is 0. The van der Waals surface area contributed by atoms with E-state index >= 15 is 0 Å². The van der Waals surface area contributed by atoms with Crippen molar-refractivity contribution in [3.05, 3.63) is 59.0 Å². The van der Waals surface area contributed by atoms with Gasteiger partial charge >= 0.3 is 0 Å². The van der Waals surface area contributed by atoms with Gasteiger partial charge < -0.3 is 15.5 Å². The molecular weight excluding hydrogens is 416 g/mol. The highest BCUT2D eigenvalue weighted by Crippen LogP contribution is 2.18. The molecule has 0 saturated heterocycles. The van der Waals surface area contributed by atoms with Crippen LogP contribution in [0.4, 0.5) is 11.8 Å². The number of hydrogen-bond acceptors (Lipinski definition) is 8. The van der Waals surface area contributed by atoms with Gasteiger partial charge in [-0.1, -0.05) is 29.2 Å². The SMILES string of the molecule is CCNc1ncc(C(C)=O)c(N(C)CCC#Cc2cccc(Cn3cc(CNC)nn3)c2)n1. The smallest absolute Gasteiger partial charge is 0.224 e. The van der Waals surface area contributed by atoms with Crippen LogP contribution >= 0.6 is 0 Å². The third kappa shape index (κ3) is 6.85. The summed E-state index contributed by atoms with van der Waals surface area (Å²) in [4.78, 5) is 22.6. The van der Waals surface area contributed by atoms with E-state index < -0.39 is 0 Å². The largest absolute Gasteiger partial charge is 0.358 e. The van der Waals surface area contributed by atoms with Crippen molar-refractivity contribution < 1.29 is 4.79 Å². The van der Waals surface area contributed by atoms with Crippen molar-refractivity contribution in [1.29, 1.82) is 0 Å². The Bertz CT molecular complexity index is 1140. The standard InChI is InChI=1S/C24H30N8O/c1-5-26-24-27-15-22(18(2)33)23(28-24)31(4)12-7-6-9-19-10-8-11-20(13-19)16-32-17-21(14-25-3)29-30-32/h8,10-11,13,15,17,25H,5,7,12,14,16H2,1-4H3,(H,26,27,28). The van der Waals surface area contributed by atoms with E-state index in [-0.39, 0.29) is 5.78 Å². The topological polar surface area (TPSA) is 101 Å². The first-order valence-corrected chi connectivity index (χ1v) is 10.9. The van der Waals surface area contributed by atoms with E-state index in [0.29, 0.717) is 49.9 Å². The predicted molar refractivity (Wildman–Crippen MR) is 129 cm³/mol. The second-order valence-corrected chi connectivity index (χ2v) is 7.63. The molecule has 0 atom stereocenters. The monoisotopic (exact) mass is 446 g/mol. The molecule has 0 amide bonds. The summed E-state index contributed by atoms with van der Waals surface area (Å²) in [6.45, 7) is 6.19. The van der Waals surface area contributed by atoms with Crippen molar-refractivity contribution in [3.8, 4) is 11.8 Å². The number of anilines is 2. The average Bonchev–Trinajstić information content (AvgIpc) is 3.24. The van der Waals surface area contributed by atoms with Crippen LogP contribution in [-0.2, 0) is 13.1 Å². The van der Waals surface area contributed by atoms with Crippen molar-refractivity contribution in [2.75, 3.05) is 37.4 Å². The van der Waals surface area contributed by atoms with Crippen molar-refractivity contribution in [1.82, 2.24) is 30.3 Å². The van der Waals surface area contributed by atoms with Gasteiger partial charge in [0.25, 0.3) is 0 Å². The Morgan fingerprint density at radius 2 is 2.15 bits per heavy atom. The van der Waals surface area contributed by atoms with Crippen LogP contribution in [0.3, 0.4) is 0 Å². The lowest BCUT2D eigenvalue weighted by Crippen LogP contribution is -2.23. The molecule has 3 aromatic rings. The molecule has 0 aliphatic rings. The quantitative estimate of drug-likeness (QED) is 0.362. The Labute approximate surface area is 194 Å². The first-order valence-electron chi connectivity index (χ1n) is 10.9. The van der Waals surface area contributed by atoms with Crippen molar-refractivity contribution in [2.24, 2.45) is 0 Å². The molecule has 0 fully saturated rings. The fourth-order valence-electron chi connectivity index (χ4n) is 3.26. The number of rotatable bonds is 10. The Hall–Kier alpha value is -3.77. The van der Waals surface area contributed by atoms with Gasteiger partial charge in [0, 0.05) is 44.9 Å². The van der Waals surface area contributed by atoms with Crippen LogP contribution in [0.5, 0.6) is 0 Å². The highest BCUT2D eigenvalue weighted by Gasteiger charge is 2.14. The Kier molecular flexibility index (Phi) is 8.49. The number of Topliss-reactive ketones (excluding diaryl/α,β-unsaturated/α-hetero) is 1. The van der Waals surface area contributed by atoms with Gasteiger partial charge in [-0.05, 0) is 38.6 Å². The number of ketones is 1. The number of nitrogens with zero attached hydrogens (tertiary/aromatic N) is 6. The molecule has 1 aromatic carbocycles. The molecule has 0 aliphatic carbocycles. The molecule has 2 heterocycles. The molecule has 0 spiro atoms. The lowest BCUT2D eigenvalue weighted by molar-refractivity contribution is 0.101. The van der Waals surface area contributed by atoms with Crippen LogP contribution in [0.15, 0.2) is 36.7 Å². The number of nitrogens with one attached hydrogen (secondary N) is 2. The summed E-state index contributed by atoms with van der Waals surface area (Å²) in [7, 11) is 3.79. The van der Waals surface area contributed by atoms with Crippen LogP contribution in [0.2, 0.25) is 0 Å². The number of hydrogen-bond donors (Lipinski definition) is 2. The number of benzene rings is 1. The molecule has 2 N–H and O–H groups in total. The first kappa shape index (κ1) is 23.9. The minimum Gasteiger partial charge on any atom is -0.358 e. The van der Waals surface area contributed by atoms with Gasteiger partial charge in [-0.15, -0.1) is 5.10 Å². The Balaban J connectivity index is 1.62. The Morgan fingerprint density at radius 1 is 1.30 bits per heavy atom. The zero-order chi connectivity index (χ0) is 23.6. The molecule has 9 heteroatoms. The van der Waals surface area contributed by atoms with Crippen LogP contribution in [0.1, 0.15) is 47.4 Å². The molecule has 0 saturated carbocycles. The van der Waals surface area contributed by atoms with Crippen LogP contribution < -0.4 is 15.5 Å². The number of carbonyl (C=O) groups excluding carboxylic acids is 1. The highest BCUT2D eigenvalue weighted by molar-refractivity contribution is 5.98. The van der Waals surface area contributed by atoms with Crippen LogP contribution in [-0.4, -0.2) is 57.9 Å². The van der Waals surface area contributed by atoms with Crippen molar-refractivity contribution >= 4 is 17.5 Å². The summed E-state index contributed by atoms with van der Waals surface area (Å²) in [5.74, 6) is 7.52. The van der Waals surface area contributed by atoms with Gasteiger partial charge in [-0.25, -0.2) is 9.67 Å². The summed E-state index contributed by atoms with van der Waals surface area (Å²) in [5, 5.41) is 14.5. The summed E-state index contributed by atoms with van der Waals surface area (Å²) < 4.78 is 1.82.